The zero-order chi connectivity index (χ0) is 42.7. The number of hydrogen-bond donors (Lipinski definition) is 0. The Morgan fingerprint density at radius 3 is 1.33 bits per heavy atom. The number of fused-ring (bicyclic) bond motifs is 10. The Labute approximate surface area is 375 Å². The summed E-state index contributed by atoms with van der Waals surface area (Å²) in [5, 5.41) is 12.8. The lowest BCUT2D eigenvalue weighted by Crippen LogP contribution is -2.31. The highest BCUT2D eigenvalue weighted by Crippen LogP contribution is 2.71. The minimum Gasteiger partial charge on any atom is -0.0622 e. The largest absolute Gasteiger partial charge is 0.0622 e. The minimum absolute atomic E-state index is 0.0789. The molecule has 1 fully saturated rings. The van der Waals surface area contributed by atoms with Gasteiger partial charge in [0.15, 0.2) is 0 Å². The Morgan fingerprint density at radius 2 is 0.766 bits per heavy atom. The summed E-state index contributed by atoms with van der Waals surface area (Å²) in [5.74, 6) is 0.489. The molecule has 64 heavy (non-hydrogen) atoms. The maximum Gasteiger partial charge on any atom is -0.000867 e. The van der Waals surface area contributed by atoms with Crippen LogP contribution < -0.4 is 0 Å². The van der Waals surface area contributed by atoms with Gasteiger partial charge in [-0.05, 0) is 162 Å². The highest BCUT2D eigenvalue weighted by molar-refractivity contribution is 6.26. The van der Waals surface area contributed by atoms with Crippen molar-refractivity contribution >= 4 is 53.9 Å². The SMILES string of the molecule is CC12CCC(c3c1c(-c1ccccc1)c1ccc(-c4ccc5c(-c6cccc7ccccc67)c6ccccc6c(-c6cccc7ccccc67)c5c4)cc1c3-c1ccccc1)C2(C)C. The molecule has 304 valence electrons. The van der Waals surface area contributed by atoms with Gasteiger partial charge in [-0.25, -0.2) is 0 Å². The molecule has 0 radical (unpaired) electrons. The summed E-state index contributed by atoms with van der Waals surface area (Å²) in [4.78, 5) is 0. The molecule has 2 atom stereocenters. The lowest BCUT2D eigenvalue weighted by Gasteiger charge is -2.37. The predicted molar refractivity (Wildman–Crippen MR) is 274 cm³/mol. The van der Waals surface area contributed by atoms with Gasteiger partial charge in [-0.15, -0.1) is 0 Å². The predicted octanol–water partition coefficient (Wildman–Crippen LogP) is 18.0. The van der Waals surface area contributed by atoms with Gasteiger partial charge in [-0.1, -0.05) is 215 Å². The molecule has 0 saturated heterocycles. The van der Waals surface area contributed by atoms with Gasteiger partial charge >= 0.3 is 0 Å². The molecule has 0 N–H and O–H groups in total. The first-order chi connectivity index (χ1) is 31.4. The number of hydrogen-bond acceptors (Lipinski definition) is 0. The standard InChI is InChI=1S/C64H48/c1-63(2)56-36-37-64(63,3)62-58(43-22-8-5-9-23-43)52-34-32-44(38-54(52)57(61(56)62)42-20-6-4-7-21-42)45-33-35-53-55(39-45)60(49-31-17-25-41-19-11-13-27-47(41)49)51-29-15-14-28-50(51)59(53)48-30-16-24-40-18-10-12-26-46(40)48/h4-35,38-39,56H,36-37H2,1-3H3. The van der Waals surface area contributed by atoms with Gasteiger partial charge in [0.05, 0.1) is 0 Å². The Morgan fingerprint density at radius 1 is 0.344 bits per heavy atom. The quantitative estimate of drug-likeness (QED) is 0.152. The van der Waals surface area contributed by atoms with Crippen molar-refractivity contribution in [1.82, 2.24) is 0 Å². The summed E-state index contributed by atoms with van der Waals surface area (Å²) in [6, 6.07) is 77.6. The molecule has 1 saturated carbocycles. The molecule has 11 aromatic carbocycles. The molecule has 0 aliphatic heterocycles. The summed E-state index contributed by atoms with van der Waals surface area (Å²) in [6.07, 6.45) is 2.45. The van der Waals surface area contributed by atoms with Gasteiger partial charge in [-0.2, -0.15) is 0 Å². The fraction of sp³-hybridized carbons (Fsp3) is 0.125. The van der Waals surface area contributed by atoms with Crippen LogP contribution in [-0.4, -0.2) is 0 Å². The monoisotopic (exact) mass is 816 g/mol. The van der Waals surface area contributed by atoms with Crippen molar-refractivity contribution in [3.63, 3.8) is 0 Å². The summed E-state index contributed by atoms with van der Waals surface area (Å²) in [5.41, 5.74) is 16.4. The molecule has 2 unspecified atom stereocenters. The summed E-state index contributed by atoms with van der Waals surface area (Å²) in [6.45, 7) is 7.66. The molecule has 0 amide bonds. The molecule has 11 aromatic rings. The van der Waals surface area contributed by atoms with E-state index in [9.17, 15) is 0 Å². The topological polar surface area (TPSA) is 0 Å². The average Bonchev–Trinajstić information content (AvgIpc) is 3.68. The fourth-order valence-corrected chi connectivity index (χ4v) is 12.7. The summed E-state index contributed by atoms with van der Waals surface area (Å²) < 4.78 is 0. The maximum absolute atomic E-state index is 2.57. The molecule has 2 aliphatic rings. The van der Waals surface area contributed by atoms with E-state index in [1.54, 1.807) is 11.1 Å². The molecule has 0 heteroatoms. The molecule has 0 nitrogen and oxygen atoms in total. The number of benzene rings is 11. The third-order valence-corrected chi connectivity index (χ3v) is 16.1. The molecule has 0 aromatic heterocycles. The van der Waals surface area contributed by atoms with Crippen molar-refractivity contribution in [1.29, 1.82) is 0 Å². The average molecular weight is 817 g/mol. The van der Waals surface area contributed by atoms with Crippen molar-refractivity contribution in [3.8, 4) is 55.6 Å². The first-order valence-corrected chi connectivity index (χ1v) is 23.1. The van der Waals surface area contributed by atoms with Gasteiger partial charge in [0.2, 0.25) is 0 Å². The van der Waals surface area contributed by atoms with Gasteiger partial charge in [0, 0.05) is 0 Å². The molecule has 2 bridgehead atoms. The van der Waals surface area contributed by atoms with E-state index >= 15 is 0 Å². The Bertz CT molecular complexity index is 3690. The molecular weight excluding hydrogens is 769 g/mol. The second-order valence-corrected chi connectivity index (χ2v) is 19.3. The van der Waals surface area contributed by atoms with E-state index in [-0.39, 0.29) is 10.8 Å². The van der Waals surface area contributed by atoms with E-state index in [1.807, 2.05) is 0 Å². The van der Waals surface area contributed by atoms with Crippen LogP contribution >= 0.6 is 0 Å². The zero-order valence-electron chi connectivity index (χ0n) is 36.6. The third-order valence-electron chi connectivity index (χ3n) is 16.1. The second-order valence-electron chi connectivity index (χ2n) is 19.3. The van der Waals surface area contributed by atoms with Crippen molar-refractivity contribution in [2.24, 2.45) is 5.41 Å². The van der Waals surface area contributed by atoms with Crippen LogP contribution in [0.4, 0.5) is 0 Å². The Kier molecular flexibility index (Phi) is 8.08. The molecule has 0 spiro atoms. The smallest absolute Gasteiger partial charge is 0.000867 e. The zero-order valence-corrected chi connectivity index (χ0v) is 36.6. The Hall–Kier alpha value is -7.28. The molecular formula is C64H48. The van der Waals surface area contributed by atoms with Crippen LogP contribution in [0.5, 0.6) is 0 Å². The van der Waals surface area contributed by atoms with Crippen LogP contribution in [0.2, 0.25) is 0 Å². The van der Waals surface area contributed by atoms with Crippen LogP contribution in [0.15, 0.2) is 206 Å². The van der Waals surface area contributed by atoms with Gasteiger partial charge in [-0.3, -0.25) is 0 Å². The lowest BCUT2D eigenvalue weighted by atomic mass is 9.67. The van der Waals surface area contributed by atoms with Crippen molar-refractivity contribution < 1.29 is 0 Å². The first kappa shape index (κ1) is 37.3. The van der Waals surface area contributed by atoms with E-state index in [1.165, 1.54) is 122 Å². The van der Waals surface area contributed by atoms with E-state index in [2.05, 4.69) is 227 Å². The maximum atomic E-state index is 2.57. The van der Waals surface area contributed by atoms with Crippen molar-refractivity contribution in [2.45, 2.75) is 44.9 Å². The van der Waals surface area contributed by atoms with E-state index in [4.69, 9.17) is 0 Å². The van der Waals surface area contributed by atoms with Crippen molar-refractivity contribution in [2.75, 3.05) is 0 Å². The molecule has 13 rings (SSSR count). The van der Waals surface area contributed by atoms with Gasteiger partial charge < -0.3 is 0 Å². The van der Waals surface area contributed by atoms with Crippen LogP contribution in [0.1, 0.15) is 50.7 Å². The lowest BCUT2D eigenvalue weighted by molar-refractivity contribution is 0.231. The molecule has 2 aliphatic carbocycles. The molecule has 0 heterocycles. The van der Waals surface area contributed by atoms with Crippen LogP contribution in [0.3, 0.4) is 0 Å². The van der Waals surface area contributed by atoms with Crippen LogP contribution in [-0.2, 0) is 5.41 Å². The summed E-state index contributed by atoms with van der Waals surface area (Å²) >= 11 is 0. The fourth-order valence-electron chi connectivity index (χ4n) is 12.7. The van der Waals surface area contributed by atoms with E-state index in [0.717, 1.165) is 0 Å². The van der Waals surface area contributed by atoms with E-state index < -0.39 is 0 Å². The van der Waals surface area contributed by atoms with E-state index in [0.29, 0.717) is 5.92 Å². The first-order valence-electron chi connectivity index (χ1n) is 23.1. The highest BCUT2D eigenvalue weighted by atomic mass is 14.6. The minimum atomic E-state index is 0.0789. The summed E-state index contributed by atoms with van der Waals surface area (Å²) in [7, 11) is 0. The van der Waals surface area contributed by atoms with Crippen molar-refractivity contribution in [3.05, 3.63) is 217 Å². The van der Waals surface area contributed by atoms with Gasteiger partial charge in [0.1, 0.15) is 0 Å². The Balaban J connectivity index is 1.15. The number of rotatable bonds is 5. The van der Waals surface area contributed by atoms with Gasteiger partial charge in [0.25, 0.3) is 0 Å². The van der Waals surface area contributed by atoms with Crippen LogP contribution in [0.25, 0.3) is 109 Å². The second kappa shape index (κ2) is 13.9. The van der Waals surface area contributed by atoms with Crippen LogP contribution in [0, 0.1) is 5.41 Å². The third kappa shape index (κ3) is 5.17. The normalized spacial score (nSPS) is 17.5. The highest BCUT2D eigenvalue weighted by Gasteiger charge is 2.61.